The minimum atomic E-state index is -1.41. The van der Waals surface area contributed by atoms with Gasteiger partial charge < -0.3 is 18.6 Å². The van der Waals surface area contributed by atoms with Crippen molar-refractivity contribution in [3.63, 3.8) is 0 Å². The lowest BCUT2D eigenvalue weighted by Crippen LogP contribution is -2.55. The standard InChI is InChI=1S/C31H44N4O3SSi/c1-21-16-22(2)28(27(17-21)37-6)31(24-11-12-24,34-39(36)30(3,4)5)29-33-25-18-23(19-32)10-13-26(25)35(29)20-38-14-15-40(7,8)9/h10,13,16-18,24,34H,11-12,14-15,20H2,1-9H3. The summed E-state index contributed by atoms with van der Waals surface area (Å²) >= 11 is -1.41. The molecule has 4 rings (SSSR count). The number of methoxy groups -OCH3 is 1. The van der Waals surface area contributed by atoms with Crippen molar-refractivity contribution in [2.24, 2.45) is 5.92 Å². The van der Waals surface area contributed by atoms with Gasteiger partial charge in [0.05, 0.1) is 29.8 Å². The average Bonchev–Trinajstić information content (AvgIpc) is 3.65. The summed E-state index contributed by atoms with van der Waals surface area (Å²) < 4.78 is 31.6. The number of benzene rings is 2. The number of rotatable bonds is 11. The van der Waals surface area contributed by atoms with Gasteiger partial charge in [-0.1, -0.05) is 25.7 Å². The van der Waals surface area contributed by atoms with E-state index in [1.54, 1.807) is 7.11 Å². The molecule has 2 aromatic carbocycles. The lowest BCUT2D eigenvalue weighted by molar-refractivity contribution is 0.0845. The molecule has 0 bridgehead atoms. The second-order valence-corrected chi connectivity index (χ2v) is 20.8. The van der Waals surface area contributed by atoms with Gasteiger partial charge >= 0.3 is 0 Å². The molecule has 3 aromatic rings. The Kier molecular flexibility index (Phi) is 8.79. The Bertz CT molecular complexity index is 1420. The van der Waals surface area contributed by atoms with Crippen LogP contribution in [0.3, 0.4) is 0 Å². The van der Waals surface area contributed by atoms with E-state index in [9.17, 15) is 9.81 Å². The van der Waals surface area contributed by atoms with Gasteiger partial charge in [0, 0.05) is 31.6 Å². The highest BCUT2D eigenvalue weighted by molar-refractivity contribution is 7.90. The van der Waals surface area contributed by atoms with Crippen LogP contribution in [0, 0.1) is 31.1 Å². The predicted molar refractivity (Wildman–Crippen MR) is 166 cm³/mol. The van der Waals surface area contributed by atoms with E-state index in [1.165, 1.54) is 0 Å². The van der Waals surface area contributed by atoms with Crippen molar-refractivity contribution in [1.29, 1.82) is 5.26 Å². The first-order chi connectivity index (χ1) is 18.7. The molecule has 1 fully saturated rings. The molecule has 0 radical (unpaired) electrons. The second-order valence-electron chi connectivity index (χ2n) is 13.3. The van der Waals surface area contributed by atoms with Crippen LogP contribution in [-0.2, 0) is 28.4 Å². The fourth-order valence-corrected chi connectivity index (χ4v) is 6.97. The molecule has 2 atom stereocenters. The van der Waals surface area contributed by atoms with Gasteiger partial charge in [-0.2, -0.15) is 5.26 Å². The number of nitrogens with one attached hydrogen (secondary N) is 1. The van der Waals surface area contributed by atoms with E-state index in [4.69, 9.17) is 14.5 Å². The summed E-state index contributed by atoms with van der Waals surface area (Å²) in [5.41, 5.74) is 4.38. The smallest absolute Gasteiger partial charge is 0.152 e. The van der Waals surface area contributed by atoms with Gasteiger partial charge in [-0.3, -0.25) is 0 Å². The zero-order valence-electron chi connectivity index (χ0n) is 25.5. The fourth-order valence-electron chi connectivity index (χ4n) is 5.25. The Morgan fingerprint density at radius 2 is 1.88 bits per heavy atom. The summed E-state index contributed by atoms with van der Waals surface area (Å²) in [6.45, 7) is 18.1. The van der Waals surface area contributed by atoms with E-state index >= 15 is 0 Å². The van der Waals surface area contributed by atoms with Crippen LogP contribution in [-0.4, -0.2) is 40.6 Å². The van der Waals surface area contributed by atoms with E-state index in [0.717, 1.165) is 58.2 Å². The highest BCUT2D eigenvalue weighted by Crippen LogP contribution is 2.54. The lowest BCUT2D eigenvalue weighted by Gasteiger charge is -2.39. The van der Waals surface area contributed by atoms with Gasteiger partial charge in [0.15, 0.2) is 5.54 Å². The van der Waals surface area contributed by atoms with Crippen LogP contribution in [0.4, 0.5) is 0 Å². The third kappa shape index (κ3) is 6.26. The summed E-state index contributed by atoms with van der Waals surface area (Å²) in [5, 5.41) is 9.62. The number of aryl methyl sites for hydroxylation is 2. The zero-order chi connectivity index (χ0) is 29.5. The third-order valence-corrected chi connectivity index (χ3v) is 10.8. The minimum absolute atomic E-state index is 0.155. The summed E-state index contributed by atoms with van der Waals surface area (Å²) in [7, 11) is 0.413. The molecular weight excluding hydrogens is 537 g/mol. The van der Waals surface area contributed by atoms with Crippen molar-refractivity contribution in [3.05, 3.63) is 58.4 Å². The van der Waals surface area contributed by atoms with Crippen molar-refractivity contribution in [2.75, 3.05) is 13.7 Å². The van der Waals surface area contributed by atoms with Gasteiger partial charge in [0.2, 0.25) is 0 Å². The molecule has 7 nitrogen and oxygen atoms in total. The van der Waals surface area contributed by atoms with Crippen molar-refractivity contribution in [3.8, 4) is 11.8 Å². The summed E-state index contributed by atoms with van der Waals surface area (Å²) in [6, 6.07) is 13.1. The molecule has 1 aliphatic carbocycles. The van der Waals surface area contributed by atoms with Crippen molar-refractivity contribution in [2.45, 2.75) is 90.2 Å². The highest BCUT2D eigenvalue weighted by atomic mass is 32.2. The molecular formula is C31H44N4O3SSi. The van der Waals surface area contributed by atoms with Gasteiger partial charge in [-0.25, -0.2) is 4.98 Å². The van der Waals surface area contributed by atoms with Crippen LogP contribution in [0.2, 0.25) is 25.7 Å². The molecule has 1 aromatic heterocycles. The van der Waals surface area contributed by atoms with Crippen LogP contribution < -0.4 is 9.46 Å². The zero-order valence-corrected chi connectivity index (χ0v) is 27.3. The number of imidazole rings is 1. The van der Waals surface area contributed by atoms with E-state index in [1.807, 2.05) is 45.0 Å². The second kappa shape index (κ2) is 11.5. The largest absolute Gasteiger partial charge is 0.598 e. The SMILES string of the molecule is COc1cc(C)cc(C)c1C(N[S+]([O-])C(C)(C)C)(c1nc2cc(C#N)ccc2n1COCC[Si](C)(C)C)C1CC1. The Balaban J connectivity index is 2.01. The van der Waals surface area contributed by atoms with Crippen molar-refractivity contribution in [1.82, 2.24) is 14.3 Å². The Labute approximate surface area is 243 Å². The first-order valence-electron chi connectivity index (χ1n) is 14.1. The van der Waals surface area contributed by atoms with E-state index in [0.29, 0.717) is 18.9 Å². The normalized spacial score (nSPS) is 16.5. The maximum atomic E-state index is 14.0. The number of aromatic nitrogens is 2. The lowest BCUT2D eigenvalue weighted by atomic mass is 9.81. The van der Waals surface area contributed by atoms with Gasteiger partial charge in [0.1, 0.15) is 23.1 Å². The third-order valence-electron chi connectivity index (χ3n) is 7.50. The van der Waals surface area contributed by atoms with Crippen LogP contribution >= 0.6 is 0 Å². The first-order valence-corrected chi connectivity index (χ1v) is 18.9. The Hall–Kier alpha value is -2.35. The topological polar surface area (TPSA) is 95.2 Å². The molecule has 0 aliphatic heterocycles. The number of nitrogens with zero attached hydrogens (tertiary/aromatic N) is 3. The van der Waals surface area contributed by atoms with Gasteiger partial charge in [-0.05, 0) is 94.8 Å². The fraction of sp³-hybridized carbons (Fsp3) is 0.548. The van der Waals surface area contributed by atoms with E-state index < -0.39 is 29.7 Å². The molecule has 1 saturated carbocycles. The molecule has 40 heavy (non-hydrogen) atoms. The summed E-state index contributed by atoms with van der Waals surface area (Å²) in [5.74, 6) is 1.65. The molecule has 0 saturated heterocycles. The molecule has 9 heteroatoms. The quantitative estimate of drug-likeness (QED) is 0.157. The molecule has 2 unspecified atom stereocenters. The number of fused-ring (bicyclic) bond motifs is 1. The van der Waals surface area contributed by atoms with Crippen molar-refractivity contribution < 1.29 is 14.0 Å². The van der Waals surface area contributed by atoms with Crippen LogP contribution in [0.15, 0.2) is 30.3 Å². The maximum Gasteiger partial charge on any atom is 0.152 e. The minimum Gasteiger partial charge on any atom is -0.598 e. The molecule has 1 heterocycles. The molecule has 216 valence electrons. The van der Waals surface area contributed by atoms with Gasteiger partial charge in [0.25, 0.3) is 0 Å². The first kappa shape index (κ1) is 30.6. The molecule has 1 N–H and O–H groups in total. The molecule has 1 aliphatic rings. The maximum absolute atomic E-state index is 14.0. The van der Waals surface area contributed by atoms with Gasteiger partial charge in [-0.15, -0.1) is 4.72 Å². The van der Waals surface area contributed by atoms with Crippen LogP contribution in [0.5, 0.6) is 5.75 Å². The molecule has 0 spiro atoms. The number of hydrogen-bond donors (Lipinski definition) is 1. The van der Waals surface area contributed by atoms with E-state index in [-0.39, 0.29) is 5.92 Å². The number of hydrogen-bond acceptors (Lipinski definition) is 6. The highest BCUT2D eigenvalue weighted by Gasteiger charge is 2.57. The molecule has 0 amide bonds. The summed E-state index contributed by atoms with van der Waals surface area (Å²) in [4.78, 5) is 5.22. The summed E-state index contributed by atoms with van der Waals surface area (Å²) in [6.07, 6.45) is 1.93. The monoisotopic (exact) mass is 580 g/mol. The predicted octanol–water partition coefficient (Wildman–Crippen LogP) is 6.55. The Morgan fingerprint density at radius 1 is 1.18 bits per heavy atom. The van der Waals surface area contributed by atoms with E-state index in [2.05, 4.69) is 54.9 Å². The average molecular weight is 581 g/mol. The number of ether oxygens (including phenoxy) is 2. The van der Waals surface area contributed by atoms with Crippen LogP contribution in [0.25, 0.3) is 11.0 Å². The van der Waals surface area contributed by atoms with Crippen LogP contribution in [0.1, 0.15) is 61.7 Å². The Morgan fingerprint density at radius 3 is 2.45 bits per heavy atom. The van der Waals surface area contributed by atoms with Crippen molar-refractivity contribution >= 4 is 30.5 Å². The number of nitriles is 1.